The molecular weight excluding hydrogens is 408 g/mol. The van der Waals surface area contributed by atoms with E-state index in [9.17, 15) is 13.2 Å². The SMILES string of the molecule is CC(NC(=O)CCc1ccc(S(=O)(=O)NC(C)c2ccccc2)cc1)c1ccccc1. The van der Waals surface area contributed by atoms with Gasteiger partial charge in [0, 0.05) is 12.5 Å². The van der Waals surface area contributed by atoms with Gasteiger partial charge in [0.05, 0.1) is 10.9 Å². The maximum Gasteiger partial charge on any atom is 0.241 e. The molecule has 0 fully saturated rings. The summed E-state index contributed by atoms with van der Waals surface area (Å²) in [6.07, 6.45) is 0.883. The Morgan fingerprint density at radius 3 is 1.84 bits per heavy atom. The minimum Gasteiger partial charge on any atom is -0.350 e. The number of hydrogen-bond acceptors (Lipinski definition) is 3. The summed E-state index contributed by atoms with van der Waals surface area (Å²) in [6, 6.07) is 25.5. The van der Waals surface area contributed by atoms with Crippen molar-refractivity contribution in [3.63, 3.8) is 0 Å². The van der Waals surface area contributed by atoms with Crippen molar-refractivity contribution in [3.05, 3.63) is 102 Å². The van der Waals surface area contributed by atoms with Crippen molar-refractivity contribution in [2.45, 2.75) is 43.7 Å². The minimum absolute atomic E-state index is 0.0357. The number of rotatable bonds is 9. The van der Waals surface area contributed by atoms with Gasteiger partial charge in [-0.1, -0.05) is 72.8 Å². The number of benzene rings is 3. The molecule has 0 radical (unpaired) electrons. The van der Waals surface area contributed by atoms with E-state index in [1.165, 1.54) is 0 Å². The Morgan fingerprint density at radius 1 is 0.774 bits per heavy atom. The summed E-state index contributed by atoms with van der Waals surface area (Å²) in [6.45, 7) is 3.77. The molecule has 2 atom stereocenters. The van der Waals surface area contributed by atoms with Gasteiger partial charge in [0.25, 0.3) is 0 Å². The van der Waals surface area contributed by atoms with Crippen molar-refractivity contribution >= 4 is 15.9 Å². The first-order chi connectivity index (χ1) is 14.8. The third-order valence-corrected chi connectivity index (χ3v) is 6.74. The van der Waals surface area contributed by atoms with E-state index in [0.29, 0.717) is 12.8 Å². The van der Waals surface area contributed by atoms with Crippen LogP contribution in [0.1, 0.15) is 49.0 Å². The number of nitrogens with one attached hydrogen (secondary N) is 2. The first-order valence-corrected chi connectivity index (χ1v) is 11.8. The maximum absolute atomic E-state index is 12.7. The Morgan fingerprint density at radius 2 is 1.29 bits per heavy atom. The van der Waals surface area contributed by atoms with Crippen molar-refractivity contribution < 1.29 is 13.2 Å². The lowest BCUT2D eigenvalue weighted by molar-refractivity contribution is -0.121. The zero-order chi connectivity index (χ0) is 22.3. The van der Waals surface area contributed by atoms with Crippen LogP contribution in [0.25, 0.3) is 0 Å². The fourth-order valence-corrected chi connectivity index (χ4v) is 4.57. The smallest absolute Gasteiger partial charge is 0.241 e. The molecule has 3 aromatic carbocycles. The van der Waals surface area contributed by atoms with Crippen LogP contribution < -0.4 is 10.0 Å². The standard InChI is InChI=1S/C25H28N2O3S/c1-19(22-9-5-3-6-10-22)26-25(28)18-15-21-13-16-24(17-14-21)31(29,30)27-20(2)23-11-7-4-8-12-23/h3-14,16-17,19-20,27H,15,18H2,1-2H3,(H,26,28). The summed E-state index contributed by atoms with van der Waals surface area (Å²) in [4.78, 5) is 12.5. The highest BCUT2D eigenvalue weighted by atomic mass is 32.2. The van der Waals surface area contributed by atoms with Crippen molar-refractivity contribution in [2.24, 2.45) is 0 Å². The topological polar surface area (TPSA) is 75.3 Å². The second-order valence-corrected chi connectivity index (χ2v) is 9.31. The van der Waals surface area contributed by atoms with E-state index in [4.69, 9.17) is 0 Å². The molecule has 2 unspecified atom stereocenters. The van der Waals surface area contributed by atoms with E-state index in [1.807, 2.05) is 74.5 Å². The monoisotopic (exact) mass is 436 g/mol. The van der Waals surface area contributed by atoms with Crippen LogP contribution in [0.3, 0.4) is 0 Å². The van der Waals surface area contributed by atoms with Crippen LogP contribution in [-0.4, -0.2) is 14.3 Å². The average molecular weight is 437 g/mol. The number of aryl methyl sites for hydroxylation is 1. The lowest BCUT2D eigenvalue weighted by Crippen LogP contribution is -2.27. The molecule has 0 saturated carbocycles. The maximum atomic E-state index is 12.7. The summed E-state index contributed by atoms with van der Waals surface area (Å²) in [5, 5.41) is 2.99. The predicted octanol–water partition coefficient (Wildman–Crippen LogP) is 4.54. The fourth-order valence-electron chi connectivity index (χ4n) is 3.34. The number of carbonyl (C=O) groups excluding carboxylic acids is 1. The van der Waals surface area contributed by atoms with E-state index >= 15 is 0 Å². The van der Waals surface area contributed by atoms with Crippen LogP contribution in [0.5, 0.6) is 0 Å². The molecule has 0 aromatic heterocycles. The minimum atomic E-state index is -3.63. The highest BCUT2D eigenvalue weighted by Gasteiger charge is 2.18. The van der Waals surface area contributed by atoms with Gasteiger partial charge in [-0.05, 0) is 49.1 Å². The third kappa shape index (κ3) is 6.51. The fraction of sp³-hybridized carbons (Fsp3) is 0.240. The molecule has 1 amide bonds. The zero-order valence-electron chi connectivity index (χ0n) is 17.8. The molecule has 0 heterocycles. The molecule has 3 aromatic rings. The Balaban J connectivity index is 1.54. The van der Waals surface area contributed by atoms with Gasteiger partial charge in [-0.3, -0.25) is 4.79 Å². The molecule has 3 rings (SSSR count). The quantitative estimate of drug-likeness (QED) is 0.517. The summed E-state index contributed by atoms with van der Waals surface area (Å²) in [5.74, 6) is -0.0357. The number of carbonyl (C=O) groups is 1. The van der Waals surface area contributed by atoms with E-state index < -0.39 is 10.0 Å². The van der Waals surface area contributed by atoms with Crippen molar-refractivity contribution in [2.75, 3.05) is 0 Å². The normalized spacial score (nSPS) is 13.4. The van der Waals surface area contributed by atoms with Gasteiger partial charge in [0.15, 0.2) is 0 Å². The zero-order valence-corrected chi connectivity index (χ0v) is 18.6. The molecule has 0 aliphatic rings. The molecule has 0 spiro atoms. The Hall–Kier alpha value is -2.96. The molecule has 31 heavy (non-hydrogen) atoms. The Bertz CT molecular complexity index is 1080. The molecule has 0 aliphatic heterocycles. The number of sulfonamides is 1. The summed E-state index contributed by atoms with van der Waals surface area (Å²) >= 11 is 0. The largest absolute Gasteiger partial charge is 0.350 e. The Labute approximate surface area is 184 Å². The van der Waals surface area contributed by atoms with Crippen LogP contribution in [0, 0.1) is 0 Å². The van der Waals surface area contributed by atoms with Crippen LogP contribution >= 0.6 is 0 Å². The summed E-state index contributed by atoms with van der Waals surface area (Å²) in [5.41, 5.74) is 2.87. The van der Waals surface area contributed by atoms with E-state index in [-0.39, 0.29) is 22.9 Å². The molecule has 5 nitrogen and oxygen atoms in total. The summed E-state index contributed by atoms with van der Waals surface area (Å²) in [7, 11) is -3.63. The van der Waals surface area contributed by atoms with E-state index in [0.717, 1.165) is 16.7 Å². The van der Waals surface area contributed by atoms with Gasteiger partial charge in [0.1, 0.15) is 0 Å². The molecule has 0 saturated heterocycles. The van der Waals surface area contributed by atoms with Gasteiger partial charge < -0.3 is 5.32 Å². The highest BCUT2D eigenvalue weighted by molar-refractivity contribution is 7.89. The van der Waals surface area contributed by atoms with Crippen molar-refractivity contribution in [1.29, 1.82) is 0 Å². The Kier molecular flexibility index (Phi) is 7.60. The van der Waals surface area contributed by atoms with Crippen LogP contribution in [0.15, 0.2) is 89.8 Å². The molecular formula is C25H28N2O3S. The summed E-state index contributed by atoms with van der Waals surface area (Å²) < 4.78 is 28.1. The van der Waals surface area contributed by atoms with Crippen molar-refractivity contribution in [3.8, 4) is 0 Å². The number of hydrogen-bond donors (Lipinski definition) is 2. The van der Waals surface area contributed by atoms with Crippen LogP contribution in [0.2, 0.25) is 0 Å². The molecule has 2 N–H and O–H groups in total. The second kappa shape index (κ2) is 10.4. The van der Waals surface area contributed by atoms with Gasteiger partial charge in [-0.25, -0.2) is 13.1 Å². The second-order valence-electron chi connectivity index (χ2n) is 7.60. The first-order valence-electron chi connectivity index (χ1n) is 10.4. The first kappa shape index (κ1) is 22.7. The van der Waals surface area contributed by atoms with Crippen molar-refractivity contribution in [1.82, 2.24) is 10.0 Å². The highest BCUT2D eigenvalue weighted by Crippen LogP contribution is 2.18. The van der Waals surface area contributed by atoms with Gasteiger partial charge >= 0.3 is 0 Å². The molecule has 6 heteroatoms. The number of amides is 1. The van der Waals surface area contributed by atoms with Crippen LogP contribution in [-0.2, 0) is 21.2 Å². The lowest BCUT2D eigenvalue weighted by atomic mass is 10.1. The third-order valence-electron chi connectivity index (χ3n) is 5.18. The average Bonchev–Trinajstić information content (AvgIpc) is 2.79. The van der Waals surface area contributed by atoms with Gasteiger partial charge in [-0.2, -0.15) is 0 Å². The molecule has 0 aliphatic carbocycles. The van der Waals surface area contributed by atoms with Gasteiger partial charge in [-0.15, -0.1) is 0 Å². The predicted molar refractivity (Wildman–Crippen MR) is 123 cm³/mol. The van der Waals surface area contributed by atoms with E-state index in [2.05, 4.69) is 10.0 Å². The lowest BCUT2D eigenvalue weighted by Gasteiger charge is -2.15. The molecule has 162 valence electrons. The molecule has 0 bridgehead atoms. The van der Waals surface area contributed by atoms with Gasteiger partial charge in [0.2, 0.25) is 15.9 Å². The van der Waals surface area contributed by atoms with Crippen LogP contribution in [0.4, 0.5) is 0 Å². The van der Waals surface area contributed by atoms with E-state index in [1.54, 1.807) is 24.3 Å².